The predicted octanol–water partition coefficient (Wildman–Crippen LogP) is 8.11. The number of phenols is 1. The number of carbonyl (C=O) groups is 2. The molecule has 0 saturated carbocycles. The van der Waals surface area contributed by atoms with Gasteiger partial charge in [0.25, 0.3) is 11.8 Å². The molecule has 0 spiro atoms. The van der Waals surface area contributed by atoms with Gasteiger partial charge in [-0.1, -0.05) is 78.9 Å². The lowest BCUT2D eigenvalue weighted by atomic mass is 9.89. The van der Waals surface area contributed by atoms with Crippen molar-refractivity contribution < 1.29 is 14.7 Å². The molecule has 0 saturated heterocycles. The molecule has 8 rings (SSSR count). The van der Waals surface area contributed by atoms with Gasteiger partial charge < -0.3 is 9.67 Å². The summed E-state index contributed by atoms with van der Waals surface area (Å²) in [5, 5.41) is 14.3. The van der Waals surface area contributed by atoms with E-state index in [1.165, 1.54) is 16.8 Å². The highest BCUT2D eigenvalue weighted by atomic mass is 16.3. The number of hydrogen-bond acceptors (Lipinski definition) is 3. The quantitative estimate of drug-likeness (QED) is 0.235. The van der Waals surface area contributed by atoms with Crippen molar-refractivity contribution in [1.29, 1.82) is 0 Å². The minimum Gasteiger partial charge on any atom is -0.506 e. The van der Waals surface area contributed by atoms with Crippen LogP contribution in [0.1, 0.15) is 20.7 Å². The average molecular weight is 531 g/mol. The molecule has 194 valence electrons. The molecule has 1 N–H and O–H groups in total. The molecule has 1 aliphatic heterocycles. The standard InChI is InChI=1S/C36H22N2O3/c39-33-15-6-5-14-32(33)38-35(40)28-11-7-10-27-24(20-21-29(34(27)28)36(38)41)22-16-18-23(19-17-22)37-30-12-3-1-8-25(30)26-9-2-4-13-31(26)37/h1-21,39H. The van der Waals surface area contributed by atoms with Crippen LogP contribution in [0.2, 0.25) is 0 Å². The summed E-state index contributed by atoms with van der Waals surface area (Å²) in [6, 6.07) is 40.9. The Morgan fingerprint density at radius 1 is 0.488 bits per heavy atom. The van der Waals surface area contributed by atoms with Gasteiger partial charge in [-0.25, -0.2) is 4.90 Å². The van der Waals surface area contributed by atoms with Crippen molar-refractivity contribution in [3.63, 3.8) is 0 Å². The van der Waals surface area contributed by atoms with Crippen molar-refractivity contribution in [3.05, 3.63) is 139 Å². The molecule has 0 radical (unpaired) electrons. The summed E-state index contributed by atoms with van der Waals surface area (Å²) in [4.78, 5) is 28.3. The van der Waals surface area contributed by atoms with Gasteiger partial charge in [-0.15, -0.1) is 0 Å². The maximum Gasteiger partial charge on any atom is 0.266 e. The second-order valence-electron chi connectivity index (χ2n) is 10.2. The van der Waals surface area contributed by atoms with Crippen molar-refractivity contribution in [3.8, 4) is 22.6 Å². The third kappa shape index (κ3) is 3.29. The number of rotatable bonds is 3. The lowest BCUT2D eigenvalue weighted by Crippen LogP contribution is -2.40. The zero-order valence-electron chi connectivity index (χ0n) is 21.8. The monoisotopic (exact) mass is 530 g/mol. The Kier molecular flexibility index (Phi) is 4.91. The third-order valence-electron chi connectivity index (χ3n) is 8.05. The van der Waals surface area contributed by atoms with Crippen LogP contribution in [0.15, 0.2) is 127 Å². The summed E-state index contributed by atoms with van der Waals surface area (Å²) in [6.45, 7) is 0. The van der Waals surface area contributed by atoms with Crippen molar-refractivity contribution in [2.75, 3.05) is 4.90 Å². The lowest BCUT2D eigenvalue weighted by Gasteiger charge is -2.28. The first-order valence-corrected chi connectivity index (χ1v) is 13.4. The molecule has 5 nitrogen and oxygen atoms in total. The fourth-order valence-corrected chi connectivity index (χ4v) is 6.21. The van der Waals surface area contributed by atoms with Crippen molar-refractivity contribution in [1.82, 2.24) is 4.57 Å². The van der Waals surface area contributed by atoms with Gasteiger partial charge in [-0.3, -0.25) is 9.59 Å². The number of hydrogen-bond donors (Lipinski definition) is 1. The first-order chi connectivity index (χ1) is 20.1. The summed E-state index contributed by atoms with van der Waals surface area (Å²) in [5.41, 5.74) is 6.32. The molecule has 1 aliphatic rings. The molecule has 1 aromatic heterocycles. The molecule has 41 heavy (non-hydrogen) atoms. The van der Waals surface area contributed by atoms with E-state index in [9.17, 15) is 14.7 Å². The highest BCUT2D eigenvalue weighted by molar-refractivity contribution is 6.36. The van der Waals surface area contributed by atoms with Gasteiger partial charge in [-0.2, -0.15) is 0 Å². The molecule has 2 heterocycles. The number of anilines is 1. The smallest absolute Gasteiger partial charge is 0.266 e. The normalized spacial score (nSPS) is 13.0. The maximum atomic E-state index is 13.6. The largest absolute Gasteiger partial charge is 0.506 e. The topological polar surface area (TPSA) is 62.5 Å². The molecule has 5 heteroatoms. The molecule has 6 aromatic carbocycles. The van der Waals surface area contributed by atoms with E-state index in [4.69, 9.17) is 0 Å². The number of nitrogens with zero attached hydrogens (tertiary/aromatic N) is 2. The Morgan fingerprint density at radius 3 is 1.73 bits per heavy atom. The van der Waals surface area contributed by atoms with Crippen LogP contribution in [-0.4, -0.2) is 21.5 Å². The molecule has 0 atom stereocenters. The molecule has 2 amide bonds. The molecule has 0 unspecified atom stereocenters. The van der Waals surface area contributed by atoms with Crippen LogP contribution in [0.3, 0.4) is 0 Å². The van der Waals surface area contributed by atoms with Crippen molar-refractivity contribution >= 4 is 50.1 Å². The Balaban J connectivity index is 1.26. The fourth-order valence-electron chi connectivity index (χ4n) is 6.21. The van der Waals surface area contributed by atoms with Gasteiger partial charge >= 0.3 is 0 Å². The highest BCUT2D eigenvalue weighted by Crippen LogP contribution is 2.40. The number of phenolic OH excluding ortho intramolecular Hbond substituents is 1. The van der Waals surface area contributed by atoms with Crippen LogP contribution < -0.4 is 4.90 Å². The summed E-state index contributed by atoms with van der Waals surface area (Å²) < 4.78 is 2.27. The first-order valence-electron chi connectivity index (χ1n) is 13.4. The number of benzene rings is 6. The second kappa shape index (κ2) is 8.66. The van der Waals surface area contributed by atoms with Crippen LogP contribution in [0.5, 0.6) is 5.75 Å². The zero-order chi connectivity index (χ0) is 27.7. The van der Waals surface area contributed by atoms with Gasteiger partial charge in [-0.05, 0) is 65.0 Å². The van der Waals surface area contributed by atoms with Gasteiger partial charge in [0, 0.05) is 33.0 Å². The van der Waals surface area contributed by atoms with E-state index in [1.807, 2.05) is 18.2 Å². The minimum atomic E-state index is -0.450. The molecular weight excluding hydrogens is 508 g/mol. The number of imide groups is 1. The molecule has 0 aliphatic carbocycles. The number of aromatic hydroxyl groups is 1. The van der Waals surface area contributed by atoms with Gasteiger partial charge in [0.05, 0.1) is 16.7 Å². The minimum absolute atomic E-state index is 0.121. The second-order valence-corrected chi connectivity index (χ2v) is 10.2. The Hall–Kier alpha value is -5.68. The summed E-state index contributed by atoms with van der Waals surface area (Å²) in [5.74, 6) is -1.02. The Morgan fingerprint density at radius 2 is 1.05 bits per heavy atom. The SMILES string of the molecule is O=C1c2cccc3c(-c4ccc(-n5c6ccccc6c6ccccc65)cc4)ccc(c23)C(=O)N1c1ccccc1O. The first kappa shape index (κ1) is 23.2. The van der Waals surface area contributed by atoms with Crippen LogP contribution >= 0.6 is 0 Å². The average Bonchev–Trinajstić information content (AvgIpc) is 3.35. The number of fused-ring (bicyclic) bond motifs is 3. The van der Waals surface area contributed by atoms with E-state index >= 15 is 0 Å². The molecular formula is C36H22N2O3. The van der Waals surface area contributed by atoms with Crippen LogP contribution in [-0.2, 0) is 0 Å². The van der Waals surface area contributed by atoms with Gasteiger partial charge in [0.15, 0.2) is 0 Å². The van der Waals surface area contributed by atoms with E-state index in [0.29, 0.717) is 16.5 Å². The predicted molar refractivity (Wildman–Crippen MR) is 163 cm³/mol. The number of para-hydroxylation sites is 4. The Bertz CT molecular complexity index is 2130. The summed E-state index contributed by atoms with van der Waals surface area (Å²) >= 11 is 0. The van der Waals surface area contributed by atoms with Crippen LogP contribution in [0.4, 0.5) is 5.69 Å². The summed E-state index contributed by atoms with van der Waals surface area (Å²) in [6.07, 6.45) is 0. The fraction of sp³-hybridized carbons (Fsp3) is 0. The highest BCUT2D eigenvalue weighted by Gasteiger charge is 2.35. The maximum absolute atomic E-state index is 13.6. The molecule has 0 fully saturated rings. The zero-order valence-corrected chi connectivity index (χ0v) is 21.8. The van der Waals surface area contributed by atoms with Crippen molar-refractivity contribution in [2.45, 2.75) is 0 Å². The summed E-state index contributed by atoms with van der Waals surface area (Å²) in [7, 11) is 0. The van der Waals surface area contributed by atoms with E-state index in [1.54, 1.807) is 30.3 Å². The molecule has 0 bridgehead atoms. The number of carbonyl (C=O) groups excluding carboxylic acids is 2. The third-order valence-corrected chi connectivity index (χ3v) is 8.05. The van der Waals surface area contributed by atoms with E-state index < -0.39 is 11.8 Å². The van der Waals surface area contributed by atoms with E-state index in [2.05, 4.69) is 77.4 Å². The molecule has 7 aromatic rings. The van der Waals surface area contributed by atoms with E-state index in [0.717, 1.165) is 38.1 Å². The van der Waals surface area contributed by atoms with Gasteiger partial charge in [0.1, 0.15) is 5.75 Å². The number of aromatic nitrogens is 1. The Labute approximate surface area is 235 Å². The van der Waals surface area contributed by atoms with Gasteiger partial charge in [0.2, 0.25) is 0 Å². The lowest BCUT2D eigenvalue weighted by molar-refractivity contribution is 0.0892. The van der Waals surface area contributed by atoms with Crippen LogP contribution in [0.25, 0.3) is 49.4 Å². The van der Waals surface area contributed by atoms with Crippen LogP contribution in [0, 0.1) is 0 Å². The number of amides is 2. The van der Waals surface area contributed by atoms with Crippen molar-refractivity contribution in [2.24, 2.45) is 0 Å². The van der Waals surface area contributed by atoms with E-state index in [-0.39, 0.29) is 11.4 Å².